The maximum Gasteiger partial charge on any atom is 0.318 e. The fraction of sp³-hybridized carbons (Fsp3) is 0.615. The van der Waals surface area contributed by atoms with E-state index < -0.39 is 48.0 Å². The van der Waals surface area contributed by atoms with Crippen molar-refractivity contribution in [2.75, 3.05) is 32.7 Å². The van der Waals surface area contributed by atoms with Crippen LogP contribution in [0.1, 0.15) is 227 Å². The Balaban J connectivity index is 0.000000249. The highest BCUT2D eigenvalue weighted by Crippen LogP contribution is 2.26. The molecule has 39 heteroatoms. The number of aliphatic carboxylic acids is 1. The van der Waals surface area contributed by atoms with Gasteiger partial charge in [0.1, 0.15) is 6.04 Å². The van der Waals surface area contributed by atoms with E-state index in [-0.39, 0.29) is 160 Å². The van der Waals surface area contributed by atoms with Crippen LogP contribution in [-0.4, -0.2) is 187 Å². The molecule has 4 fully saturated rings. The van der Waals surface area contributed by atoms with Crippen LogP contribution >= 0.6 is 0 Å². The van der Waals surface area contributed by atoms with E-state index in [4.69, 9.17) is 63.3 Å². The molecule has 0 saturated carbocycles. The van der Waals surface area contributed by atoms with Gasteiger partial charge in [0.05, 0.1) is 68.0 Å². The second-order valence-corrected chi connectivity index (χ2v) is 25.3. The molecule has 5 aromatic rings. The Kier molecular flexibility index (Phi) is 34.4. The van der Waals surface area contributed by atoms with Crippen LogP contribution in [0, 0.1) is 0 Å². The second-order valence-electron chi connectivity index (χ2n) is 25.3. The van der Waals surface area contributed by atoms with Crippen molar-refractivity contribution >= 4 is 65.0 Å². The predicted molar refractivity (Wildman–Crippen MR) is 368 cm³/mol. The van der Waals surface area contributed by atoms with Crippen LogP contribution in [0.2, 0.25) is 0 Å². The SMILES string of the molecule is C.CC(=O)C1CCCN1C(=O)NCc1nc([C@@H](N)CCC(N)=O)no1.CC(=O)C1CCCN1C(=O)NCc1nc([C@@H](N)CCCCN)no1.CC(=O)C1CCCN1C(=O)NCc1nc([C@@H](N)Cc2ccccc2)no1.CC(=O)C1CCCN1C(=O)N[C@@H](CCC(=O)O)c1nc([C@@H](N)CCC(N)=O)no1. The number of nitrogens with one attached hydrogen (secondary N) is 4. The van der Waals surface area contributed by atoms with E-state index in [9.17, 15) is 52.7 Å². The van der Waals surface area contributed by atoms with E-state index in [1.165, 1.54) is 37.5 Å². The maximum absolute atomic E-state index is 12.7. The molecule has 0 bridgehead atoms. The Morgan fingerprint density at radius 2 is 0.837 bits per heavy atom. The zero-order valence-corrected chi connectivity index (χ0v) is 58.4. The van der Waals surface area contributed by atoms with E-state index in [0.29, 0.717) is 95.2 Å². The minimum Gasteiger partial charge on any atom is -0.481 e. The fourth-order valence-corrected chi connectivity index (χ4v) is 11.7. The van der Waals surface area contributed by atoms with Crippen LogP contribution in [0.25, 0.3) is 0 Å². The molecule has 8 heterocycles. The summed E-state index contributed by atoms with van der Waals surface area (Å²) in [5.41, 5.74) is 40.6. The van der Waals surface area contributed by atoms with Crippen molar-refractivity contribution in [2.24, 2.45) is 40.1 Å². The highest BCUT2D eigenvalue weighted by molar-refractivity contribution is 5.89. The number of likely N-dealkylation sites (tertiary alicyclic amines) is 4. The number of carboxylic acids is 1. The van der Waals surface area contributed by atoms with E-state index in [1.54, 1.807) is 9.80 Å². The van der Waals surface area contributed by atoms with Gasteiger partial charge in [0.25, 0.3) is 0 Å². The first-order valence-electron chi connectivity index (χ1n) is 34.2. The molecule has 572 valence electrons. The largest absolute Gasteiger partial charge is 0.481 e. The Labute approximate surface area is 600 Å². The molecule has 0 radical (unpaired) electrons. The molecule has 0 spiro atoms. The Morgan fingerprint density at radius 3 is 1.20 bits per heavy atom. The van der Waals surface area contributed by atoms with Crippen molar-refractivity contribution in [1.29, 1.82) is 0 Å². The van der Waals surface area contributed by atoms with Gasteiger partial charge in [-0.15, -0.1) is 0 Å². The molecule has 0 aliphatic carbocycles. The molecule has 4 unspecified atom stereocenters. The number of amides is 10. The molecule has 39 nitrogen and oxygen atoms in total. The number of carbonyl (C=O) groups excluding carboxylic acids is 10. The summed E-state index contributed by atoms with van der Waals surface area (Å²) < 4.78 is 20.5. The number of ketones is 4. The van der Waals surface area contributed by atoms with Gasteiger partial charge in [-0.25, -0.2) is 19.2 Å². The van der Waals surface area contributed by atoms with Gasteiger partial charge in [0.15, 0.2) is 46.4 Å². The number of carbonyl (C=O) groups is 11. The number of nitrogens with zero attached hydrogens (tertiary/aromatic N) is 12. The third-order valence-electron chi connectivity index (χ3n) is 17.3. The molecule has 9 rings (SSSR count). The van der Waals surface area contributed by atoms with Crippen LogP contribution in [0.5, 0.6) is 0 Å². The number of unbranched alkanes of at least 4 members (excludes halogenated alkanes) is 1. The fourth-order valence-electron chi connectivity index (χ4n) is 11.7. The summed E-state index contributed by atoms with van der Waals surface area (Å²) in [4.78, 5) is 151. The summed E-state index contributed by atoms with van der Waals surface area (Å²) in [6.45, 7) is 8.93. The van der Waals surface area contributed by atoms with Gasteiger partial charge >= 0.3 is 30.1 Å². The first-order valence-corrected chi connectivity index (χ1v) is 34.2. The lowest BCUT2D eigenvalue weighted by Crippen LogP contribution is -2.46. The van der Waals surface area contributed by atoms with Gasteiger partial charge in [-0.2, -0.15) is 19.9 Å². The number of rotatable bonds is 31. The molecule has 9 atom stereocenters. The van der Waals surface area contributed by atoms with Crippen molar-refractivity contribution in [3.63, 3.8) is 0 Å². The summed E-state index contributed by atoms with van der Waals surface area (Å²) in [5, 5.41) is 35.0. The maximum atomic E-state index is 12.7. The summed E-state index contributed by atoms with van der Waals surface area (Å²) in [6.07, 6.45) is 9.47. The average Bonchev–Trinajstić information content (AvgIpc) is 1.71. The molecule has 1 aromatic carbocycles. The zero-order chi connectivity index (χ0) is 75.3. The highest BCUT2D eigenvalue weighted by atomic mass is 16.5. The summed E-state index contributed by atoms with van der Waals surface area (Å²) in [6, 6.07) is 4.03. The lowest BCUT2D eigenvalue weighted by molar-refractivity contribution is -0.137. The van der Waals surface area contributed by atoms with Gasteiger partial charge in [0, 0.05) is 45.4 Å². The van der Waals surface area contributed by atoms with Crippen LogP contribution in [0.4, 0.5) is 19.2 Å². The minimum absolute atomic E-state index is 0. The molecule has 4 aliphatic heterocycles. The van der Waals surface area contributed by atoms with Gasteiger partial charge in [-0.05, 0) is 130 Å². The summed E-state index contributed by atoms with van der Waals surface area (Å²) in [5.74, 6) is -0.143. The van der Waals surface area contributed by atoms with Gasteiger partial charge < -0.3 is 104 Å². The van der Waals surface area contributed by atoms with Crippen molar-refractivity contribution in [3.8, 4) is 0 Å². The van der Waals surface area contributed by atoms with Crippen LogP contribution in [0.15, 0.2) is 48.4 Å². The van der Waals surface area contributed by atoms with Crippen LogP contribution in [0.3, 0.4) is 0 Å². The Hall–Kier alpha value is -10.2. The van der Waals surface area contributed by atoms with Crippen LogP contribution < -0.4 is 61.4 Å². The number of Topliss-reactive ketones (excluding diaryl/α,β-unsaturated/α-hetero) is 4. The standard InChI is InChI=1S/C18H23N5O3.C17H26N6O6.C15H26N6O3.C14H22N6O4.CH4/c1-12(24)15-8-5-9-23(15)18(25)20-11-16-21-17(22-26-16)14(19)10-13-6-3-2-4-7-13;1-9(24)12-3-2-8-23(12)17(28)20-11(5-7-14(26)27)16-21-15(22-29-16)10(18)4-6-13(19)25;1-10(22)12-6-4-8-21(12)15(23)18-9-13-19-14(20-24-13)11(17)5-2-3-7-16;1-8(21)10-3-2-6-20(10)14(23)17-7-12-18-13(19-24-12)9(15)4-5-11(16)22;/h2-4,6-7,14-15H,5,8-11,19H2,1H3,(H,20,25);10-12H,2-8,18H2,1H3,(H2,19,25)(H,20,28)(H,26,27);11-12H,2-9,16-17H2,1H3,(H,18,23);9-10H,2-7,15H2,1H3,(H2,16,22)(H,17,23);1H4/t14-,15?;10-,11-,12?;11-,12?;9-,10?;/m0000./s1. The third-order valence-corrected chi connectivity index (χ3v) is 17.3. The molecular weight excluding hydrogens is 1360 g/mol. The molecular formula is C65H101N23O16. The molecule has 19 N–H and O–H groups in total. The predicted octanol–water partition coefficient (Wildman–Crippen LogP) is 2.27. The monoisotopic (exact) mass is 1460 g/mol. The van der Waals surface area contributed by atoms with E-state index in [2.05, 4.69) is 61.8 Å². The summed E-state index contributed by atoms with van der Waals surface area (Å²) >= 11 is 0. The first kappa shape index (κ1) is 84.4. The molecule has 10 amide bonds. The number of primary amides is 2. The average molecular weight is 1460 g/mol. The molecule has 4 aliphatic rings. The lowest BCUT2D eigenvalue weighted by atomic mass is 10.1. The van der Waals surface area contributed by atoms with E-state index >= 15 is 0 Å². The second kappa shape index (κ2) is 42.4. The number of carboxylic acid groups (broad SMARTS) is 1. The minimum atomic E-state index is -1.05. The van der Waals surface area contributed by atoms with Crippen molar-refractivity contribution in [3.05, 3.63) is 82.8 Å². The number of hydrogen-bond donors (Lipinski definition) is 12. The number of aromatic nitrogens is 8. The normalized spacial score (nSPS) is 18.1. The Bertz CT molecular complexity index is 3620. The molecule has 4 aromatic heterocycles. The van der Waals surface area contributed by atoms with Crippen molar-refractivity contribution in [2.45, 2.75) is 225 Å². The lowest BCUT2D eigenvalue weighted by Gasteiger charge is -2.25. The van der Waals surface area contributed by atoms with Crippen molar-refractivity contribution < 1.29 is 75.9 Å². The smallest absolute Gasteiger partial charge is 0.318 e. The molecule has 4 saturated heterocycles. The van der Waals surface area contributed by atoms with Gasteiger partial charge in [-0.3, -0.25) is 33.6 Å². The first-order chi connectivity index (χ1) is 49.1. The Morgan fingerprint density at radius 1 is 0.481 bits per heavy atom. The number of hydrogen-bond acceptors (Lipinski definition) is 28. The quantitative estimate of drug-likeness (QED) is 0.0283. The van der Waals surface area contributed by atoms with Gasteiger partial charge in [0.2, 0.25) is 35.4 Å². The highest BCUT2D eigenvalue weighted by Gasteiger charge is 2.37. The zero-order valence-electron chi connectivity index (χ0n) is 58.4. The number of nitrogens with two attached hydrogens (primary N) is 7. The third kappa shape index (κ3) is 26.5. The summed E-state index contributed by atoms with van der Waals surface area (Å²) in [7, 11) is 0. The van der Waals surface area contributed by atoms with Crippen molar-refractivity contribution in [1.82, 2.24) is 81.4 Å². The van der Waals surface area contributed by atoms with Crippen LogP contribution in [-0.2, 0) is 59.6 Å². The van der Waals surface area contributed by atoms with Gasteiger partial charge in [-0.1, -0.05) is 64.8 Å². The number of urea groups is 4. The number of benzene rings is 1. The van der Waals surface area contributed by atoms with E-state index in [0.717, 1.165) is 44.1 Å². The molecule has 104 heavy (non-hydrogen) atoms. The van der Waals surface area contributed by atoms with E-state index in [1.807, 2.05) is 30.3 Å². The topological polar surface area (TPSA) is 607 Å².